The van der Waals surface area contributed by atoms with Gasteiger partial charge in [-0.1, -0.05) is 67.6 Å². The molecule has 2 aromatic rings. The average Bonchev–Trinajstić information content (AvgIpc) is 2.49. The number of carboxylic acid groups (broad SMARTS) is 1. The molecule has 0 bridgehead atoms. The Kier molecular flexibility index (Phi) is 7.51. The smallest absolute Gasteiger partial charge is 0.303 e. The second-order valence-corrected chi connectivity index (χ2v) is 4.61. The molecule has 0 aromatic heterocycles. The molecule has 3 nitrogen and oxygen atoms in total. The van der Waals surface area contributed by atoms with Crippen molar-refractivity contribution in [3.05, 3.63) is 71.8 Å². The Bertz CT molecular complexity index is 504. The Balaban J connectivity index is 0.000000383. The number of carbonyl (C=O) groups is 2. The van der Waals surface area contributed by atoms with Crippen LogP contribution in [0.2, 0.25) is 0 Å². The first-order chi connectivity index (χ1) is 10.1. The lowest BCUT2D eigenvalue weighted by molar-refractivity contribution is -0.136. The van der Waals surface area contributed by atoms with Gasteiger partial charge in [-0.3, -0.25) is 9.59 Å². The minimum atomic E-state index is -0.745. The third-order valence-corrected chi connectivity index (χ3v) is 2.79. The van der Waals surface area contributed by atoms with Gasteiger partial charge in [0.2, 0.25) is 0 Å². The van der Waals surface area contributed by atoms with Gasteiger partial charge in [0.05, 0.1) is 0 Å². The van der Waals surface area contributed by atoms with Gasteiger partial charge in [-0.2, -0.15) is 0 Å². The van der Waals surface area contributed by atoms with Crippen LogP contribution in [0.3, 0.4) is 0 Å². The second-order valence-electron chi connectivity index (χ2n) is 4.61. The molecular formula is C18H20O3. The molecule has 110 valence electrons. The van der Waals surface area contributed by atoms with Gasteiger partial charge in [0, 0.05) is 19.3 Å². The zero-order valence-corrected chi connectivity index (χ0v) is 12.2. The fourth-order valence-corrected chi connectivity index (χ4v) is 1.71. The molecule has 0 aliphatic heterocycles. The Morgan fingerprint density at radius 3 is 1.43 bits per heavy atom. The van der Waals surface area contributed by atoms with E-state index in [1.807, 2.05) is 60.7 Å². The minimum absolute atomic E-state index is 0.222. The van der Waals surface area contributed by atoms with Crippen molar-refractivity contribution in [3.8, 4) is 0 Å². The topological polar surface area (TPSA) is 54.4 Å². The van der Waals surface area contributed by atoms with E-state index in [0.717, 1.165) is 11.1 Å². The first-order valence-electron chi connectivity index (χ1n) is 6.93. The van der Waals surface area contributed by atoms with Crippen molar-refractivity contribution in [2.75, 3.05) is 0 Å². The van der Waals surface area contributed by atoms with Crippen molar-refractivity contribution < 1.29 is 14.7 Å². The summed E-state index contributed by atoms with van der Waals surface area (Å²) in [4.78, 5) is 21.1. The quantitative estimate of drug-likeness (QED) is 0.914. The van der Waals surface area contributed by atoms with Crippen molar-refractivity contribution in [2.45, 2.75) is 26.2 Å². The lowest BCUT2D eigenvalue weighted by Gasteiger charge is -2.01. The van der Waals surface area contributed by atoms with Crippen LogP contribution in [0.1, 0.15) is 24.5 Å². The van der Waals surface area contributed by atoms with E-state index in [4.69, 9.17) is 5.11 Å². The van der Waals surface area contributed by atoms with Crippen LogP contribution in [0.4, 0.5) is 0 Å². The number of ketones is 1. The van der Waals surface area contributed by atoms with Crippen molar-refractivity contribution >= 4 is 11.8 Å². The van der Waals surface area contributed by atoms with Crippen LogP contribution in [0, 0.1) is 0 Å². The van der Waals surface area contributed by atoms with E-state index < -0.39 is 5.97 Å². The van der Waals surface area contributed by atoms with E-state index in [9.17, 15) is 9.59 Å². The predicted octanol–water partition coefficient (Wildman–Crippen LogP) is 3.52. The van der Waals surface area contributed by atoms with Crippen LogP contribution in [0.5, 0.6) is 0 Å². The Labute approximate surface area is 125 Å². The SMILES string of the molecule is CCC(=O)O.O=C(Cc1ccccc1)Cc1ccccc1. The van der Waals surface area contributed by atoms with E-state index >= 15 is 0 Å². The molecule has 3 heteroatoms. The van der Waals surface area contributed by atoms with E-state index in [2.05, 4.69) is 0 Å². The average molecular weight is 284 g/mol. The molecule has 0 amide bonds. The number of Topliss-reactive ketones (excluding diaryl/α,β-unsaturated/α-hetero) is 1. The Morgan fingerprint density at radius 2 is 1.14 bits per heavy atom. The van der Waals surface area contributed by atoms with E-state index in [-0.39, 0.29) is 12.2 Å². The molecule has 0 radical (unpaired) electrons. The highest BCUT2D eigenvalue weighted by molar-refractivity contribution is 5.83. The third-order valence-electron chi connectivity index (χ3n) is 2.79. The summed E-state index contributed by atoms with van der Waals surface area (Å²) in [7, 11) is 0. The van der Waals surface area contributed by atoms with Crippen LogP contribution in [-0.4, -0.2) is 16.9 Å². The third kappa shape index (κ3) is 7.67. The maximum atomic E-state index is 11.8. The zero-order valence-electron chi connectivity index (χ0n) is 12.2. The van der Waals surface area contributed by atoms with E-state index in [0.29, 0.717) is 12.8 Å². The van der Waals surface area contributed by atoms with Crippen molar-refractivity contribution in [1.29, 1.82) is 0 Å². The fourth-order valence-electron chi connectivity index (χ4n) is 1.71. The number of benzene rings is 2. The van der Waals surface area contributed by atoms with Crippen LogP contribution in [0.25, 0.3) is 0 Å². The first-order valence-corrected chi connectivity index (χ1v) is 6.93. The highest BCUT2D eigenvalue weighted by Gasteiger charge is 2.04. The summed E-state index contributed by atoms with van der Waals surface area (Å²) in [5, 5.41) is 7.72. The Morgan fingerprint density at radius 1 is 0.810 bits per heavy atom. The lowest BCUT2D eigenvalue weighted by atomic mass is 10.0. The molecule has 2 rings (SSSR count). The molecule has 1 N–H and O–H groups in total. The van der Waals surface area contributed by atoms with Gasteiger partial charge >= 0.3 is 5.97 Å². The molecule has 0 heterocycles. The lowest BCUT2D eigenvalue weighted by Crippen LogP contribution is -2.06. The van der Waals surface area contributed by atoms with Crippen LogP contribution in [-0.2, 0) is 22.4 Å². The van der Waals surface area contributed by atoms with Crippen LogP contribution >= 0.6 is 0 Å². The van der Waals surface area contributed by atoms with Gasteiger partial charge in [-0.05, 0) is 11.1 Å². The van der Waals surface area contributed by atoms with Crippen molar-refractivity contribution in [2.24, 2.45) is 0 Å². The molecule has 0 unspecified atom stereocenters. The number of hydrogen-bond donors (Lipinski definition) is 1. The summed E-state index contributed by atoms with van der Waals surface area (Å²) < 4.78 is 0. The summed E-state index contributed by atoms with van der Waals surface area (Å²) >= 11 is 0. The van der Waals surface area contributed by atoms with Gasteiger partial charge in [-0.25, -0.2) is 0 Å². The highest BCUT2D eigenvalue weighted by atomic mass is 16.4. The predicted molar refractivity (Wildman–Crippen MR) is 83.2 cm³/mol. The summed E-state index contributed by atoms with van der Waals surface area (Å²) in [6.45, 7) is 1.60. The second kappa shape index (κ2) is 9.48. The number of rotatable bonds is 5. The number of hydrogen-bond acceptors (Lipinski definition) is 2. The van der Waals surface area contributed by atoms with Crippen LogP contribution in [0.15, 0.2) is 60.7 Å². The summed E-state index contributed by atoms with van der Waals surface area (Å²) in [6, 6.07) is 19.7. The van der Waals surface area contributed by atoms with E-state index in [1.165, 1.54) is 0 Å². The molecule has 0 aliphatic carbocycles. The molecule has 2 aromatic carbocycles. The molecule has 21 heavy (non-hydrogen) atoms. The van der Waals surface area contributed by atoms with Gasteiger partial charge in [0.15, 0.2) is 0 Å². The van der Waals surface area contributed by atoms with Gasteiger partial charge in [-0.15, -0.1) is 0 Å². The fraction of sp³-hybridized carbons (Fsp3) is 0.222. The first kappa shape index (κ1) is 16.6. The maximum Gasteiger partial charge on any atom is 0.303 e. The highest BCUT2D eigenvalue weighted by Crippen LogP contribution is 2.05. The summed E-state index contributed by atoms with van der Waals surface area (Å²) in [5.41, 5.74) is 2.17. The molecule has 0 atom stereocenters. The van der Waals surface area contributed by atoms with Crippen LogP contribution < -0.4 is 0 Å². The van der Waals surface area contributed by atoms with Gasteiger partial charge < -0.3 is 5.11 Å². The van der Waals surface area contributed by atoms with E-state index in [1.54, 1.807) is 6.92 Å². The summed E-state index contributed by atoms with van der Waals surface area (Å²) in [6.07, 6.45) is 1.27. The molecule has 0 saturated carbocycles. The molecule has 0 fully saturated rings. The number of carboxylic acids is 1. The minimum Gasteiger partial charge on any atom is -0.481 e. The number of aliphatic carboxylic acids is 1. The largest absolute Gasteiger partial charge is 0.481 e. The Hall–Kier alpha value is -2.42. The van der Waals surface area contributed by atoms with Gasteiger partial charge in [0.1, 0.15) is 5.78 Å². The van der Waals surface area contributed by atoms with Crippen molar-refractivity contribution in [1.82, 2.24) is 0 Å². The monoisotopic (exact) mass is 284 g/mol. The molecular weight excluding hydrogens is 264 g/mol. The zero-order chi connectivity index (χ0) is 15.5. The summed E-state index contributed by atoms with van der Waals surface area (Å²) in [5.74, 6) is -0.484. The standard InChI is InChI=1S/C15H14O.C3H6O2/c16-15(11-13-7-3-1-4-8-13)12-14-9-5-2-6-10-14;1-2-3(4)5/h1-10H,11-12H2;2H2,1H3,(H,4,5). The normalized spacial score (nSPS) is 9.38. The number of carbonyl (C=O) groups excluding carboxylic acids is 1. The van der Waals surface area contributed by atoms with Gasteiger partial charge in [0.25, 0.3) is 0 Å². The van der Waals surface area contributed by atoms with Crippen molar-refractivity contribution in [3.63, 3.8) is 0 Å². The molecule has 0 spiro atoms. The molecule has 0 saturated heterocycles. The molecule has 0 aliphatic rings. The maximum absolute atomic E-state index is 11.8.